The highest BCUT2D eigenvalue weighted by Gasteiger charge is 2.19. The van der Waals surface area contributed by atoms with Gasteiger partial charge in [-0.25, -0.2) is 9.97 Å². The number of benzene rings is 1. The molecule has 3 heterocycles. The van der Waals surface area contributed by atoms with Crippen molar-refractivity contribution in [1.82, 2.24) is 19.6 Å². The van der Waals surface area contributed by atoms with Gasteiger partial charge in [0.25, 0.3) is 5.89 Å². The van der Waals surface area contributed by atoms with Crippen LogP contribution >= 0.6 is 0 Å². The van der Waals surface area contributed by atoms with Crippen LogP contribution in [0, 0.1) is 6.92 Å². The fourth-order valence-electron chi connectivity index (χ4n) is 3.14. The van der Waals surface area contributed by atoms with Crippen molar-refractivity contribution in [2.75, 3.05) is 5.32 Å². The average molecular weight is 363 g/mol. The molecule has 4 aromatic rings. The van der Waals surface area contributed by atoms with Crippen LogP contribution in [0.4, 0.5) is 5.69 Å². The smallest absolute Gasteiger partial charge is 0.264 e. The number of fused-ring (bicyclic) bond motifs is 1. The number of hydrogen-bond acceptors (Lipinski definition) is 6. The molecule has 4 rings (SSSR count). The Morgan fingerprint density at radius 1 is 1.11 bits per heavy atom. The topological polar surface area (TPSA) is 88.5 Å². The highest BCUT2D eigenvalue weighted by Crippen LogP contribution is 2.25. The van der Waals surface area contributed by atoms with Gasteiger partial charge in [0.2, 0.25) is 5.71 Å². The van der Waals surface area contributed by atoms with Crippen LogP contribution in [0.5, 0.6) is 0 Å². The minimum absolute atomic E-state index is 0.00482. The van der Waals surface area contributed by atoms with E-state index in [-0.39, 0.29) is 5.92 Å². The lowest BCUT2D eigenvalue weighted by molar-refractivity contribution is 0.168. The van der Waals surface area contributed by atoms with E-state index in [1.54, 1.807) is 16.9 Å². The van der Waals surface area contributed by atoms with Crippen molar-refractivity contribution in [2.45, 2.75) is 32.4 Å². The largest absolute Gasteiger partial charge is 0.415 e. The van der Waals surface area contributed by atoms with Gasteiger partial charge in [0.15, 0.2) is 0 Å². The molecule has 0 saturated heterocycles. The van der Waals surface area contributed by atoms with Crippen molar-refractivity contribution in [3.8, 4) is 11.6 Å². The normalized spacial score (nSPS) is 13.6. The second-order valence-corrected chi connectivity index (χ2v) is 6.41. The molecule has 3 aromatic heterocycles. The van der Waals surface area contributed by atoms with Crippen LogP contribution < -0.4 is 5.32 Å². The summed E-state index contributed by atoms with van der Waals surface area (Å²) in [4.78, 5) is 8.54. The maximum Gasteiger partial charge on any atom is 0.264 e. The molecule has 7 heteroatoms. The SMILES string of the molecule is CCC(c1ccccc1)C(O)Nc1ccc(-c2nn3c(C)ncc3o2)nc1. The first-order valence-corrected chi connectivity index (χ1v) is 8.93. The molecule has 7 nitrogen and oxygen atoms in total. The quantitative estimate of drug-likeness (QED) is 0.509. The summed E-state index contributed by atoms with van der Waals surface area (Å²) in [5.74, 6) is 1.18. The summed E-state index contributed by atoms with van der Waals surface area (Å²) >= 11 is 0. The van der Waals surface area contributed by atoms with Gasteiger partial charge in [-0.2, -0.15) is 4.52 Å². The number of anilines is 1. The molecule has 0 aliphatic rings. The fourth-order valence-corrected chi connectivity index (χ4v) is 3.14. The molecule has 0 aliphatic carbocycles. The third-order valence-electron chi connectivity index (χ3n) is 4.62. The standard InChI is InChI=1S/C20H21N5O2/c1-3-16(14-7-5-4-6-8-14)19(26)23-15-9-10-17(22-11-15)20-24-25-13(2)21-12-18(25)27-20/h4-12,16,19,23,26H,3H2,1-2H3. The van der Waals surface area contributed by atoms with E-state index in [4.69, 9.17) is 4.42 Å². The minimum Gasteiger partial charge on any atom is -0.415 e. The number of aryl methyl sites for hydroxylation is 1. The lowest BCUT2D eigenvalue weighted by Gasteiger charge is -2.23. The molecule has 0 amide bonds. The van der Waals surface area contributed by atoms with E-state index >= 15 is 0 Å². The van der Waals surface area contributed by atoms with E-state index in [2.05, 4.69) is 27.3 Å². The lowest BCUT2D eigenvalue weighted by atomic mass is 9.94. The first kappa shape index (κ1) is 17.2. The molecule has 2 N–H and O–H groups in total. The molecule has 1 aromatic carbocycles. The summed E-state index contributed by atoms with van der Waals surface area (Å²) in [5.41, 5.74) is 3.03. The van der Waals surface area contributed by atoms with Crippen LogP contribution in [0.1, 0.15) is 30.7 Å². The second-order valence-electron chi connectivity index (χ2n) is 6.41. The molecular weight excluding hydrogens is 342 g/mol. The van der Waals surface area contributed by atoms with Crippen LogP contribution in [0.25, 0.3) is 17.3 Å². The molecule has 0 saturated carbocycles. The number of aromatic nitrogens is 4. The Morgan fingerprint density at radius 2 is 1.93 bits per heavy atom. The van der Waals surface area contributed by atoms with Crippen molar-refractivity contribution in [1.29, 1.82) is 0 Å². The number of hydrogen-bond donors (Lipinski definition) is 2. The average Bonchev–Trinajstić information content (AvgIpc) is 3.26. The zero-order valence-electron chi connectivity index (χ0n) is 15.2. The number of aliphatic hydroxyl groups is 1. The third kappa shape index (κ3) is 3.41. The number of rotatable bonds is 6. The Labute approximate surface area is 156 Å². The Bertz CT molecular complexity index is 1020. The van der Waals surface area contributed by atoms with Gasteiger partial charge in [0.1, 0.15) is 17.7 Å². The minimum atomic E-state index is -0.709. The number of nitrogens with one attached hydrogen (secondary N) is 1. The molecule has 2 atom stereocenters. The molecule has 2 unspecified atom stereocenters. The van der Waals surface area contributed by atoms with Crippen LogP contribution in [-0.2, 0) is 0 Å². The van der Waals surface area contributed by atoms with E-state index in [9.17, 15) is 5.11 Å². The summed E-state index contributed by atoms with van der Waals surface area (Å²) in [6.07, 6.45) is 3.41. The molecule has 0 radical (unpaired) electrons. The predicted octanol–water partition coefficient (Wildman–Crippen LogP) is 3.62. The number of pyridine rings is 1. The van der Waals surface area contributed by atoms with Gasteiger partial charge < -0.3 is 14.8 Å². The molecular formula is C20H21N5O2. The van der Waals surface area contributed by atoms with Crippen LogP contribution in [0.15, 0.2) is 59.3 Å². The van der Waals surface area contributed by atoms with E-state index in [0.29, 0.717) is 17.3 Å². The molecule has 27 heavy (non-hydrogen) atoms. The summed E-state index contributed by atoms with van der Waals surface area (Å²) in [6, 6.07) is 13.7. The van der Waals surface area contributed by atoms with Crippen molar-refractivity contribution >= 4 is 11.4 Å². The third-order valence-corrected chi connectivity index (χ3v) is 4.62. The zero-order chi connectivity index (χ0) is 18.8. The van der Waals surface area contributed by atoms with Crippen molar-refractivity contribution in [3.63, 3.8) is 0 Å². The first-order valence-electron chi connectivity index (χ1n) is 8.93. The van der Waals surface area contributed by atoms with Gasteiger partial charge in [-0.05, 0) is 31.0 Å². The Balaban J connectivity index is 1.50. The van der Waals surface area contributed by atoms with Gasteiger partial charge in [-0.3, -0.25) is 0 Å². The Hall–Kier alpha value is -3.19. The van der Waals surface area contributed by atoms with Gasteiger partial charge >= 0.3 is 0 Å². The highest BCUT2D eigenvalue weighted by molar-refractivity contribution is 5.54. The molecule has 0 aliphatic heterocycles. The van der Waals surface area contributed by atoms with Crippen molar-refractivity contribution in [2.24, 2.45) is 0 Å². The Morgan fingerprint density at radius 3 is 2.59 bits per heavy atom. The molecule has 0 fully saturated rings. The molecule has 138 valence electrons. The lowest BCUT2D eigenvalue weighted by Crippen LogP contribution is -2.26. The van der Waals surface area contributed by atoms with Crippen LogP contribution in [0.3, 0.4) is 0 Å². The Kier molecular flexibility index (Phi) is 4.60. The van der Waals surface area contributed by atoms with Crippen molar-refractivity contribution < 1.29 is 9.52 Å². The summed E-state index contributed by atoms with van der Waals surface area (Å²) in [6.45, 7) is 3.92. The van der Waals surface area contributed by atoms with Gasteiger partial charge in [0, 0.05) is 5.92 Å². The van der Waals surface area contributed by atoms with Crippen LogP contribution in [0.2, 0.25) is 0 Å². The fraction of sp³-hybridized carbons (Fsp3) is 0.250. The van der Waals surface area contributed by atoms with E-state index in [0.717, 1.165) is 23.5 Å². The zero-order valence-corrected chi connectivity index (χ0v) is 15.2. The summed E-state index contributed by atoms with van der Waals surface area (Å²) in [7, 11) is 0. The van der Waals surface area contributed by atoms with Gasteiger partial charge in [-0.15, -0.1) is 5.10 Å². The highest BCUT2D eigenvalue weighted by atomic mass is 16.4. The van der Waals surface area contributed by atoms with Crippen LogP contribution in [-0.4, -0.2) is 30.9 Å². The second kappa shape index (κ2) is 7.20. The number of nitrogens with zero attached hydrogens (tertiary/aromatic N) is 4. The monoisotopic (exact) mass is 363 g/mol. The van der Waals surface area contributed by atoms with E-state index < -0.39 is 6.23 Å². The summed E-state index contributed by atoms with van der Waals surface area (Å²) in [5, 5.41) is 18.1. The number of imidazole rings is 1. The molecule has 0 bridgehead atoms. The maximum absolute atomic E-state index is 10.6. The van der Waals surface area contributed by atoms with E-state index in [1.807, 2.05) is 49.4 Å². The van der Waals surface area contributed by atoms with Gasteiger partial charge in [-0.1, -0.05) is 37.3 Å². The number of aliphatic hydroxyl groups excluding tert-OH is 1. The predicted molar refractivity (Wildman–Crippen MR) is 102 cm³/mol. The molecule has 0 spiro atoms. The van der Waals surface area contributed by atoms with E-state index in [1.165, 1.54) is 0 Å². The van der Waals surface area contributed by atoms with Gasteiger partial charge in [0.05, 0.1) is 18.1 Å². The first-order chi connectivity index (χ1) is 13.2. The maximum atomic E-state index is 10.6. The summed E-state index contributed by atoms with van der Waals surface area (Å²) < 4.78 is 7.30. The van der Waals surface area contributed by atoms with Crippen molar-refractivity contribution in [3.05, 3.63) is 66.2 Å².